The lowest BCUT2D eigenvalue weighted by Crippen LogP contribution is -2.24. The highest BCUT2D eigenvalue weighted by Crippen LogP contribution is 2.56. The van der Waals surface area contributed by atoms with Gasteiger partial charge in [-0.05, 0) is 194 Å². The first-order chi connectivity index (χ1) is 31.7. The fourth-order valence-corrected chi connectivity index (χ4v) is 10.8. The maximum Gasteiger partial charge on any atom is 0.0520 e. The lowest BCUT2D eigenvalue weighted by molar-refractivity contribution is 0.589. The van der Waals surface area contributed by atoms with Gasteiger partial charge in [0.15, 0.2) is 0 Å². The summed E-state index contributed by atoms with van der Waals surface area (Å²) >= 11 is 0. The molecule has 1 aliphatic rings. The van der Waals surface area contributed by atoms with E-state index >= 15 is 0 Å². The van der Waals surface area contributed by atoms with E-state index in [4.69, 9.17) is 0 Å². The highest BCUT2D eigenvalue weighted by atomic mass is 15.2. The highest BCUT2D eigenvalue weighted by Gasteiger charge is 2.42. The first kappa shape index (κ1) is 47.6. The van der Waals surface area contributed by atoms with Crippen LogP contribution >= 0.6 is 0 Å². The van der Waals surface area contributed by atoms with E-state index in [0.29, 0.717) is 0 Å². The summed E-state index contributed by atoms with van der Waals surface area (Å²) in [7, 11) is 0. The van der Waals surface area contributed by atoms with E-state index in [0.717, 1.165) is 6.42 Å². The van der Waals surface area contributed by atoms with Gasteiger partial charge >= 0.3 is 0 Å². The molecule has 0 saturated heterocycles. The maximum absolute atomic E-state index is 2.55. The molecule has 2 nitrogen and oxygen atoms in total. The van der Waals surface area contributed by atoms with E-state index < -0.39 is 5.41 Å². The third-order valence-electron chi connectivity index (χ3n) is 14.7. The summed E-state index contributed by atoms with van der Waals surface area (Å²) < 4.78 is 0. The Hall–Kier alpha value is -5.86. The summed E-state index contributed by atoms with van der Waals surface area (Å²) in [5.41, 5.74) is 26.7. The van der Waals surface area contributed by atoms with Crippen molar-refractivity contribution in [3.8, 4) is 11.1 Å². The number of fused-ring (bicyclic) bond motifs is 3. The van der Waals surface area contributed by atoms with Crippen LogP contribution < -0.4 is 9.80 Å². The first-order valence-corrected chi connectivity index (χ1v) is 25.1. The molecule has 8 rings (SSSR count). The fraction of sp³-hybridized carbons (Fsp3) is 0.354. The van der Waals surface area contributed by atoms with E-state index in [2.05, 4.69) is 241 Å². The van der Waals surface area contributed by atoms with Gasteiger partial charge in [-0.2, -0.15) is 0 Å². The summed E-state index contributed by atoms with van der Waals surface area (Å²) in [5, 5.41) is 0. The minimum Gasteiger partial charge on any atom is -0.310 e. The summed E-state index contributed by atoms with van der Waals surface area (Å²) in [4.78, 5) is 5.04. The number of aryl methyl sites for hydroxylation is 8. The van der Waals surface area contributed by atoms with Gasteiger partial charge in [-0.3, -0.25) is 0 Å². The Morgan fingerprint density at radius 2 is 0.821 bits per heavy atom. The Morgan fingerprint density at radius 1 is 0.418 bits per heavy atom. The average Bonchev–Trinajstić information content (AvgIpc) is 3.52. The number of hydrogen-bond donors (Lipinski definition) is 0. The molecule has 0 unspecified atom stereocenters. The SMILES string of the molecule is CCCCCCc1cc(C)cc(C2(C)c3cc(N(c4ccc(C)cc4)c4c(C)cc(C(C)(C)C)cc4C)ccc3-c3ccc(N(c4ccc(C)cc4)c4c(C)cc(C(C)(C)C)cc4C)cc32)c1. The van der Waals surface area contributed by atoms with Gasteiger partial charge in [0.25, 0.3) is 0 Å². The van der Waals surface area contributed by atoms with Crippen LogP contribution in [0.5, 0.6) is 0 Å². The van der Waals surface area contributed by atoms with E-state index in [1.54, 1.807) is 0 Å². The van der Waals surface area contributed by atoms with Crippen molar-refractivity contribution in [2.24, 2.45) is 0 Å². The molecule has 7 aromatic rings. The van der Waals surface area contributed by atoms with Gasteiger partial charge in [0.2, 0.25) is 0 Å². The summed E-state index contributed by atoms with van der Waals surface area (Å²) in [6.45, 7) is 34.5. The molecule has 0 radical (unpaired) electrons. The van der Waals surface area contributed by atoms with Crippen LogP contribution in [0.25, 0.3) is 11.1 Å². The van der Waals surface area contributed by atoms with Crippen LogP contribution in [0.15, 0.2) is 127 Å². The molecule has 0 amide bonds. The zero-order valence-electron chi connectivity index (χ0n) is 43.6. The van der Waals surface area contributed by atoms with Crippen molar-refractivity contribution in [1.82, 2.24) is 0 Å². The third kappa shape index (κ3) is 9.26. The van der Waals surface area contributed by atoms with Crippen molar-refractivity contribution in [2.75, 3.05) is 9.80 Å². The van der Waals surface area contributed by atoms with Crippen LogP contribution in [0.2, 0.25) is 0 Å². The van der Waals surface area contributed by atoms with Crippen molar-refractivity contribution < 1.29 is 0 Å². The number of nitrogens with zero attached hydrogens (tertiary/aromatic N) is 2. The molecule has 0 N–H and O–H groups in total. The number of anilines is 6. The minimum atomic E-state index is -0.445. The highest BCUT2D eigenvalue weighted by molar-refractivity contribution is 5.91. The lowest BCUT2D eigenvalue weighted by atomic mass is 9.73. The Labute approximate surface area is 405 Å². The average molecular weight is 885 g/mol. The number of unbranched alkanes of at least 4 members (excludes halogenated alkanes) is 3. The van der Waals surface area contributed by atoms with Crippen LogP contribution in [-0.4, -0.2) is 0 Å². The largest absolute Gasteiger partial charge is 0.310 e. The van der Waals surface area contributed by atoms with Crippen molar-refractivity contribution in [2.45, 2.75) is 152 Å². The third-order valence-corrected chi connectivity index (χ3v) is 14.7. The standard InChI is InChI=1S/C65H76N2/c1-16-17-18-19-20-49-33-44(4)34-52(39-49)65(15)59-40-55(66(53-25-21-42(2)22-26-53)61-45(5)35-50(36-46(61)6)63(9,10)11)29-31-57(59)58-32-30-56(41-60(58)65)67(54-27-23-43(3)24-28-54)62-47(7)37-51(38-48(62)8)64(12,13)14/h21-41H,16-20H2,1-15H3. The van der Waals surface area contributed by atoms with Gasteiger partial charge in [-0.1, -0.05) is 163 Å². The molecular weight excluding hydrogens is 809 g/mol. The molecule has 0 heterocycles. The Morgan fingerprint density at radius 3 is 1.21 bits per heavy atom. The Balaban J connectivity index is 1.38. The zero-order valence-corrected chi connectivity index (χ0v) is 43.6. The van der Waals surface area contributed by atoms with E-state index in [1.807, 2.05) is 0 Å². The van der Waals surface area contributed by atoms with E-state index in [1.165, 1.54) is 143 Å². The van der Waals surface area contributed by atoms with Crippen LogP contribution in [-0.2, 0) is 22.7 Å². The minimum absolute atomic E-state index is 0.0493. The molecule has 2 heteroatoms. The molecule has 346 valence electrons. The smallest absolute Gasteiger partial charge is 0.0520 e. The molecule has 67 heavy (non-hydrogen) atoms. The predicted molar refractivity (Wildman–Crippen MR) is 292 cm³/mol. The van der Waals surface area contributed by atoms with Crippen LogP contribution in [0.4, 0.5) is 34.1 Å². The van der Waals surface area contributed by atoms with E-state index in [-0.39, 0.29) is 10.8 Å². The van der Waals surface area contributed by atoms with Crippen LogP contribution in [0, 0.1) is 48.5 Å². The van der Waals surface area contributed by atoms with Gasteiger partial charge in [0.1, 0.15) is 0 Å². The lowest BCUT2D eigenvalue weighted by Gasteiger charge is -2.34. The topological polar surface area (TPSA) is 6.48 Å². The van der Waals surface area contributed by atoms with Crippen LogP contribution in [0.1, 0.15) is 153 Å². The van der Waals surface area contributed by atoms with Crippen LogP contribution in [0.3, 0.4) is 0 Å². The number of rotatable bonds is 12. The molecular formula is C65H76N2. The second kappa shape index (κ2) is 18.3. The van der Waals surface area contributed by atoms with Crippen molar-refractivity contribution in [1.29, 1.82) is 0 Å². The summed E-state index contributed by atoms with van der Waals surface area (Å²) in [6.07, 6.45) is 6.11. The van der Waals surface area contributed by atoms with Gasteiger partial charge in [0, 0.05) is 28.2 Å². The maximum atomic E-state index is 2.55. The van der Waals surface area contributed by atoms with E-state index in [9.17, 15) is 0 Å². The fourth-order valence-electron chi connectivity index (χ4n) is 10.8. The molecule has 0 saturated carbocycles. The molecule has 0 spiro atoms. The monoisotopic (exact) mass is 885 g/mol. The predicted octanol–water partition coefficient (Wildman–Crippen LogP) is 18.8. The molecule has 0 atom stereocenters. The normalized spacial score (nSPS) is 13.1. The second-order valence-corrected chi connectivity index (χ2v) is 22.4. The summed E-state index contributed by atoms with van der Waals surface area (Å²) in [5.74, 6) is 0. The van der Waals surface area contributed by atoms with Gasteiger partial charge in [0.05, 0.1) is 11.4 Å². The van der Waals surface area contributed by atoms with Gasteiger partial charge < -0.3 is 9.80 Å². The molecule has 0 aromatic heterocycles. The number of benzene rings is 7. The summed E-state index contributed by atoms with van der Waals surface area (Å²) in [6, 6.07) is 49.9. The second-order valence-electron chi connectivity index (χ2n) is 22.4. The first-order valence-electron chi connectivity index (χ1n) is 25.1. The molecule has 0 aliphatic heterocycles. The molecule has 0 fully saturated rings. The Kier molecular flexibility index (Phi) is 13.0. The number of hydrogen-bond acceptors (Lipinski definition) is 2. The van der Waals surface area contributed by atoms with Crippen molar-refractivity contribution >= 4 is 34.1 Å². The van der Waals surface area contributed by atoms with Crippen molar-refractivity contribution in [3.63, 3.8) is 0 Å². The van der Waals surface area contributed by atoms with Gasteiger partial charge in [-0.25, -0.2) is 0 Å². The molecule has 0 bridgehead atoms. The van der Waals surface area contributed by atoms with Crippen molar-refractivity contribution in [3.05, 3.63) is 200 Å². The molecule has 7 aromatic carbocycles. The van der Waals surface area contributed by atoms with Gasteiger partial charge in [-0.15, -0.1) is 0 Å². The molecule has 1 aliphatic carbocycles. The zero-order chi connectivity index (χ0) is 48.2. The quantitative estimate of drug-likeness (QED) is 0.113. The Bertz CT molecular complexity index is 2720.